The minimum atomic E-state index is 0.0567. The monoisotopic (exact) mass is 258 g/mol. The summed E-state index contributed by atoms with van der Waals surface area (Å²) in [7, 11) is 0. The molecule has 0 aromatic carbocycles. The van der Waals surface area contributed by atoms with Gasteiger partial charge in [0.05, 0.1) is 10.4 Å². The minimum absolute atomic E-state index is 0.0567. The molecule has 2 aromatic rings. The van der Waals surface area contributed by atoms with Crippen LogP contribution in [0.2, 0.25) is 4.34 Å². The molecule has 2 aromatic heterocycles. The van der Waals surface area contributed by atoms with E-state index < -0.39 is 0 Å². The summed E-state index contributed by atoms with van der Waals surface area (Å²) in [6.07, 6.45) is 0. The molecule has 0 aliphatic heterocycles. The quantitative estimate of drug-likeness (QED) is 0.655. The van der Waals surface area contributed by atoms with Crippen molar-refractivity contribution in [3.63, 3.8) is 0 Å². The highest BCUT2D eigenvalue weighted by atomic mass is 35.5. The number of hydrogen-bond donors (Lipinski definition) is 2. The Morgan fingerprint density at radius 2 is 1.87 bits per heavy atom. The number of nitrogens with one attached hydrogen (secondary N) is 1. The summed E-state index contributed by atoms with van der Waals surface area (Å²) in [5, 5.41) is 0. The van der Waals surface area contributed by atoms with Crippen molar-refractivity contribution >= 4 is 34.3 Å². The molecule has 0 saturated carbocycles. The molecule has 2 nitrogen and oxygen atoms in total. The van der Waals surface area contributed by atoms with E-state index in [2.05, 4.69) is 24.5 Å². The second-order valence-electron chi connectivity index (χ2n) is 3.19. The van der Waals surface area contributed by atoms with Crippen molar-refractivity contribution in [3.8, 4) is 0 Å². The maximum absolute atomic E-state index is 5.91. The summed E-state index contributed by atoms with van der Waals surface area (Å²) >= 11 is 9.21. The van der Waals surface area contributed by atoms with Crippen LogP contribution in [0.5, 0.6) is 0 Å². The van der Waals surface area contributed by atoms with Gasteiger partial charge in [0.1, 0.15) is 0 Å². The van der Waals surface area contributed by atoms with E-state index in [4.69, 9.17) is 17.4 Å². The summed E-state index contributed by atoms with van der Waals surface area (Å²) in [5.41, 5.74) is 2.82. The largest absolute Gasteiger partial charge is 0.271 e. The molecule has 0 aliphatic rings. The average molecular weight is 259 g/mol. The smallest absolute Gasteiger partial charge is 0.0931 e. The van der Waals surface area contributed by atoms with Gasteiger partial charge in [-0.1, -0.05) is 11.6 Å². The molecule has 2 rings (SSSR count). The lowest BCUT2D eigenvalue weighted by atomic mass is 10.2. The predicted molar refractivity (Wildman–Crippen MR) is 67.6 cm³/mol. The summed E-state index contributed by atoms with van der Waals surface area (Å²) in [6, 6.07) is 8.15. The number of halogens is 1. The van der Waals surface area contributed by atoms with Crippen molar-refractivity contribution in [1.82, 2.24) is 5.43 Å². The first kappa shape index (κ1) is 11.1. The van der Waals surface area contributed by atoms with E-state index in [-0.39, 0.29) is 6.04 Å². The summed E-state index contributed by atoms with van der Waals surface area (Å²) in [5.74, 6) is 5.58. The second-order valence-corrected chi connectivity index (χ2v) is 6.26. The zero-order valence-corrected chi connectivity index (χ0v) is 10.5. The van der Waals surface area contributed by atoms with Crippen molar-refractivity contribution in [3.05, 3.63) is 43.2 Å². The van der Waals surface area contributed by atoms with Gasteiger partial charge >= 0.3 is 0 Å². The van der Waals surface area contributed by atoms with Crippen LogP contribution in [0.25, 0.3) is 0 Å². The van der Waals surface area contributed by atoms with E-state index in [0.717, 1.165) is 9.21 Å². The number of aryl methyl sites for hydroxylation is 1. The fourth-order valence-corrected chi connectivity index (χ4v) is 3.57. The molecule has 1 unspecified atom stereocenters. The Kier molecular flexibility index (Phi) is 3.43. The standard InChI is InChI=1S/C10H11ClN2S2/c1-6-2-3-7(14-6)10(13-12)8-4-5-9(11)15-8/h2-5,10,13H,12H2,1H3. The third-order valence-electron chi connectivity index (χ3n) is 2.09. The first-order chi connectivity index (χ1) is 7.20. The number of nitrogens with two attached hydrogens (primary N) is 1. The Hall–Kier alpha value is -0.390. The van der Waals surface area contributed by atoms with Crippen LogP contribution < -0.4 is 11.3 Å². The lowest BCUT2D eigenvalue weighted by molar-refractivity contribution is 0.656. The molecule has 0 spiro atoms. The Labute approximate surface area is 102 Å². The molecule has 80 valence electrons. The summed E-state index contributed by atoms with van der Waals surface area (Å²) in [6.45, 7) is 2.09. The average Bonchev–Trinajstić information content (AvgIpc) is 2.78. The number of hydrogen-bond acceptors (Lipinski definition) is 4. The molecule has 15 heavy (non-hydrogen) atoms. The highest BCUT2D eigenvalue weighted by molar-refractivity contribution is 7.16. The van der Waals surface area contributed by atoms with Crippen LogP contribution >= 0.6 is 34.3 Å². The van der Waals surface area contributed by atoms with Crippen LogP contribution in [0.15, 0.2) is 24.3 Å². The van der Waals surface area contributed by atoms with Gasteiger partial charge in [-0.25, -0.2) is 5.43 Å². The van der Waals surface area contributed by atoms with E-state index in [1.807, 2.05) is 12.1 Å². The van der Waals surface area contributed by atoms with Crippen molar-refractivity contribution in [1.29, 1.82) is 0 Å². The van der Waals surface area contributed by atoms with Gasteiger partial charge in [-0.15, -0.1) is 22.7 Å². The first-order valence-electron chi connectivity index (χ1n) is 4.48. The molecule has 2 heterocycles. The zero-order valence-electron chi connectivity index (χ0n) is 8.16. The van der Waals surface area contributed by atoms with Gasteiger partial charge in [0, 0.05) is 14.6 Å². The third-order valence-corrected chi connectivity index (χ3v) is 4.45. The first-order valence-corrected chi connectivity index (χ1v) is 6.49. The second kappa shape index (κ2) is 4.63. The highest BCUT2D eigenvalue weighted by Gasteiger charge is 2.15. The number of rotatable bonds is 3. The maximum Gasteiger partial charge on any atom is 0.0931 e. The SMILES string of the molecule is Cc1ccc(C(NN)c2ccc(Cl)s2)s1. The highest BCUT2D eigenvalue weighted by Crippen LogP contribution is 2.33. The molecule has 0 fully saturated rings. The van der Waals surface area contributed by atoms with Crippen molar-refractivity contribution in [2.75, 3.05) is 0 Å². The Morgan fingerprint density at radius 3 is 2.33 bits per heavy atom. The maximum atomic E-state index is 5.91. The normalized spacial score (nSPS) is 13.0. The molecular weight excluding hydrogens is 248 g/mol. The van der Waals surface area contributed by atoms with Gasteiger partial charge in [-0.05, 0) is 31.2 Å². The van der Waals surface area contributed by atoms with Crippen molar-refractivity contribution in [2.45, 2.75) is 13.0 Å². The van der Waals surface area contributed by atoms with Gasteiger partial charge in [0.15, 0.2) is 0 Å². The van der Waals surface area contributed by atoms with Crippen LogP contribution in [0.4, 0.5) is 0 Å². The molecule has 1 atom stereocenters. The third kappa shape index (κ3) is 2.41. The molecule has 0 bridgehead atoms. The predicted octanol–water partition coefficient (Wildman–Crippen LogP) is 3.32. The molecule has 0 saturated heterocycles. The molecule has 0 amide bonds. The van der Waals surface area contributed by atoms with Crippen LogP contribution in [0.1, 0.15) is 20.7 Å². The lowest BCUT2D eigenvalue weighted by Crippen LogP contribution is -2.27. The topological polar surface area (TPSA) is 38.0 Å². The molecule has 0 radical (unpaired) electrons. The van der Waals surface area contributed by atoms with Gasteiger partial charge in [-0.3, -0.25) is 5.84 Å². The number of thiophene rings is 2. The fraction of sp³-hybridized carbons (Fsp3) is 0.200. The summed E-state index contributed by atoms with van der Waals surface area (Å²) in [4.78, 5) is 3.64. The van der Waals surface area contributed by atoms with Crippen LogP contribution in [0.3, 0.4) is 0 Å². The van der Waals surface area contributed by atoms with Gasteiger partial charge < -0.3 is 0 Å². The van der Waals surface area contributed by atoms with Crippen LogP contribution in [-0.4, -0.2) is 0 Å². The van der Waals surface area contributed by atoms with E-state index in [1.54, 1.807) is 22.7 Å². The van der Waals surface area contributed by atoms with Gasteiger partial charge in [0.25, 0.3) is 0 Å². The molecule has 3 N–H and O–H groups in total. The summed E-state index contributed by atoms with van der Waals surface area (Å²) < 4.78 is 0.790. The fourth-order valence-electron chi connectivity index (χ4n) is 1.40. The lowest BCUT2D eigenvalue weighted by Gasteiger charge is -2.11. The zero-order chi connectivity index (χ0) is 10.8. The molecular formula is C10H11ClN2S2. The Balaban J connectivity index is 2.32. The van der Waals surface area contributed by atoms with Gasteiger partial charge in [0.2, 0.25) is 0 Å². The van der Waals surface area contributed by atoms with Crippen LogP contribution in [-0.2, 0) is 0 Å². The van der Waals surface area contributed by atoms with E-state index in [0.29, 0.717) is 0 Å². The Morgan fingerprint density at radius 1 is 1.20 bits per heavy atom. The van der Waals surface area contributed by atoms with E-state index in [9.17, 15) is 0 Å². The minimum Gasteiger partial charge on any atom is -0.271 e. The van der Waals surface area contributed by atoms with Gasteiger partial charge in [-0.2, -0.15) is 0 Å². The number of hydrazine groups is 1. The van der Waals surface area contributed by atoms with E-state index >= 15 is 0 Å². The molecule has 0 aliphatic carbocycles. The van der Waals surface area contributed by atoms with Crippen LogP contribution in [0, 0.1) is 6.92 Å². The molecule has 5 heteroatoms. The van der Waals surface area contributed by atoms with Crippen molar-refractivity contribution < 1.29 is 0 Å². The van der Waals surface area contributed by atoms with Crippen molar-refractivity contribution in [2.24, 2.45) is 5.84 Å². The van der Waals surface area contributed by atoms with E-state index in [1.165, 1.54) is 9.75 Å². The Bertz CT molecular complexity index is 409.